The third kappa shape index (κ3) is 4.01. The molecule has 1 atom stereocenters. The molecule has 1 aliphatic carbocycles. The lowest BCUT2D eigenvalue weighted by Crippen LogP contribution is -2.47. The lowest BCUT2D eigenvalue weighted by molar-refractivity contribution is 0.183. The Bertz CT molecular complexity index is 668. The molecule has 2 aliphatic rings. The van der Waals surface area contributed by atoms with Crippen LogP contribution >= 0.6 is 0 Å². The number of hydrogen-bond donors (Lipinski definition) is 1. The van der Waals surface area contributed by atoms with E-state index in [9.17, 15) is 13.2 Å². The average molecular weight is 342 g/mol. The molecular formula is C14H22N4O4S. The largest absolute Gasteiger partial charge is 0.339 e. The number of hydrogen-bond acceptors (Lipinski definition) is 6. The number of carbonyl (C=O) groups is 1. The molecule has 8 nitrogen and oxygen atoms in total. The number of aromatic nitrogens is 2. The molecule has 2 fully saturated rings. The minimum Gasteiger partial charge on any atom is -0.339 e. The van der Waals surface area contributed by atoms with Crippen LogP contribution in [0.25, 0.3) is 0 Å². The van der Waals surface area contributed by atoms with E-state index in [0.29, 0.717) is 37.7 Å². The Balaban J connectivity index is 1.47. The number of nitrogens with one attached hydrogen (secondary N) is 1. The second-order valence-corrected chi connectivity index (χ2v) is 8.37. The lowest BCUT2D eigenvalue weighted by atomic mass is 10.2. The SMILES string of the molecule is CCN(C(=O)NCCc1nc(C2CC2)no1)[C@H]1CCS(=O)(=O)C1. The van der Waals surface area contributed by atoms with Crippen LogP contribution in [-0.2, 0) is 16.3 Å². The molecule has 0 bridgehead atoms. The zero-order chi connectivity index (χ0) is 16.4. The first kappa shape index (κ1) is 16.2. The van der Waals surface area contributed by atoms with Crippen molar-refractivity contribution in [3.8, 4) is 0 Å². The summed E-state index contributed by atoms with van der Waals surface area (Å²) in [7, 11) is -3.00. The van der Waals surface area contributed by atoms with E-state index in [2.05, 4.69) is 15.5 Å². The number of sulfone groups is 1. The van der Waals surface area contributed by atoms with Crippen LogP contribution in [0.15, 0.2) is 4.52 Å². The summed E-state index contributed by atoms with van der Waals surface area (Å²) in [6, 6.07) is -0.466. The lowest BCUT2D eigenvalue weighted by Gasteiger charge is -2.26. The molecule has 3 rings (SSSR count). The molecule has 0 spiro atoms. The van der Waals surface area contributed by atoms with Gasteiger partial charge in [0.05, 0.1) is 11.5 Å². The van der Waals surface area contributed by atoms with Crippen LogP contribution in [-0.4, -0.2) is 60.1 Å². The number of carbonyl (C=O) groups excluding carboxylic acids is 1. The standard InChI is InChI=1S/C14H22N4O4S/c1-2-18(11-6-8-23(20,21)9-11)14(19)15-7-5-12-16-13(17-22-12)10-3-4-10/h10-11H,2-9H2,1H3,(H,15,19)/t11-/m0/s1. The van der Waals surface area contributed by atoms with Crippen LogP contribution in [0.3, 0.4) is 0 Å². The van der Waals surface area contributed by atoms with Gasteiger partial charge in [-0.1, -0.05) is 5.16 Å². The minimum absolute atomic E-state index is 0.0582. The van der Waals surface area contributed by atoms with Crippen LogP contribution in [0.2, 0.25) is 0 Å². The van der Waals surface area contributed by atoms with Crippen LogP contribution in [0.5, 0.6) is 0 Å². The Morgan fingerprint density at radius 2 is 2.17 bits per heavy atom. The molecule has 1 saturated heterocycles. The Labute approximate surface area is 135 Å². The van der Waals surface area contributed by atoms with Crippen LogP contribution in [0.1, 0.15) is 43.8 Å². The summed E-state index contributed by atoms with van der Waals surface area (Å²) < 4.78 is 28.3. The van der Waals surface area contributed by atoms with Gasteiger partial charge < -0.3 is 14.7 Å². The van der Waals surface area contributed by atoms with Gasteiger partial charge in [-0.15, -0.1) is 0 Å². The third-order valence-electron chi connectivity index (χ3n) is 4.29. The van der Waals surface area contributed by atoms with Crippen LogP contribution in [0, 0.1) is 0 Å². The molecule has 9 heteroatoms. The van der Waals surface area contributed by atoms with Gasteiger partial charge in [0.25, 0.3) is 0 Å². The van der Waals surface area contributed by atoms with Gasteiger partial charge in [-0.3, -0.25) is 0 Å². The van der Waals surface area contributed by atoms with Crippen molar-refractivity contribution in [2.45, 2.75) is 44.6 Å². The maximum absolute atomic E-state index is 12.2. The molecule has 0 radical (unpaired) electrons. The summed E-state index contributed by atoms with van der Waals surface area (Å²) in [5.74, 6) is 1.95. The average Bonchev–Trinajstić information content (AvgIpc) is 3.14. The molecule has 0 aromatic carbocycles. The molecule has 23 heavy (non-hydrogen) atoms. The quantitative estimate of drug-likeness (QED) is 0.816. The number of urea groups is 1. The van der Waals surface area contributed by atoms with Gasteiger partial charge in [-0.2, -0.15) is 4.98 Å². The van der Waals surface area contributed by atoms with Crippen molar-refractivity contribution in [3.63, 3.8) is 0 Å². The number of nitrogens with zero attached hydrogens (tertiary/aromatic N) is 3. The Morgan fingerprint density at radius 3 is 2.78 bits per heavy atom. The zero-order valence-corrected chi connectivity index (χ0v) is 14.0. The van der Waals surface area contributed by atoms with Gasteiger partial charge in [-0.25, -0.2) is 13.2 Å². The molecule has 1 N–H and O–H groups in total. The van der Waals surface area contributed by atoms with Gasteiger partial charge in [0.2, 0.25) is 5.89 Å². The van der Waals surface area contributed by atoms with Gasteiger partial charge >= 0.3 is 6.03 Å². The summed E-state index contributed by atoms with van der Waals surface area (Å²) >= 11 is 0. The normalized spacial score (nSPS) is 22.9. The Morgan fingerprint density at radius 1 is 1.39 bits per heavy atom. The highest BCUT2D eigenvalue weighted by Crippen LogP contribution is 2.38. The van der Waals surface area contributed by atoms with Crippen molar-refractivity contribution < 1.29 is 17.7 Å². The fourth-order valence-corrected chi connectivity index (χ4v) is 4.57. The van der Waals surface area contributed by atoms with Crippen molar-refractivity contribution in [1.82, 2.24) is 20.4 Å². The van der Waals surface area contributed by atoms with Gasteiger partial charge in [0.15, 0.2) is 15.7 Å². The third-order valence-corrected chi connectivity index (χ3v) is 6.04. The second-order valence-electron chi connectivity index (χ2n) is 6.15. The number of rotatable bonds is 6. The minimum atomic E-state index is -3.00. The van der Waals surface area contributed by atoms with E-state index < -0.39 is 9.84 Å². The van der Waals surface area contributed by atoms with Crippen molar-refractivity contribution >= 4 is 15.9 Å². The molecule has 1 aromatic heterocycles. The summed E-state index contributed by atoms with van der Waals surface area (Å²) in [4.78, 5) is 18.1. The predicted molar refractivity (Wildman–Crippen MR) is 82.8 cm³/mol. The van der Waals surface area contributed by atoms with E-state index in [1.54, 1.807) is 4.90 Å². The molecule has 1 saturated carbocycles. The van der Waals surface area contributed by atoms with Crippen molar-refractivity contribution in [1.29, 1.82) is 0 Å². The molecule has 2 amide bonds. The molecule has 1 aromatic rings. The molecule has 128 valence electrons. The fourth-order valence-electron chi connectivity index (χ4n) is 2.84. The Hall–Kier alpha value is -1.64. The van der Waals surface area contributed by atoms with Gasteiger partial charge in [0.1, 0.15) is 0 Å². The van der Waals surface area contributed by atoms with Crippen LogP contribution in [0.4, 0.5) is 4.79 Å². The predicted octanol–water partition coefficient (Wildman–Crippen LogP) is 0.708. The Kier molecular flexibility index (Phi) is 4.56. The summed E-state index contributed by atoms with van der Waals surface area (Å²) in [6.07, 6.45) is 3.22. The highest BCUT2D eigenvalue weighted by atomic mass is 32.2. The maximum atomic E-state index is 12.2. The monoisotopic (exact) mass is 342 g/mol. The summed E-state index contributed by atoms with van der Waals surface area (Å²) in [5.41, 5.74) is 0. The molecule has 1 aliphatic heterocycles. The van der Waals surface area contributed by atoms with E-state index in [1.807, 2.05) is 6.92 Å². The highest BCUT2D eigenvalue weighted by molar-refractivity contribution is 7.91. The van der Waals surface area contributed by atoms with Gasteiger partial charge in [-0.05, 0) is 26.2 Å². The fraction of sp³-hybridized carbons (Fsp3) is 0.786. The van der Waals surface area contributed by atoms with E-state index in [1.165, 1.54) is 0 Å². The summed E-state index contributed by atoms with van der Waals surface area (Å²) in [6.45, 7) is 2.73. The van der Waals surface area contributed by atoms with Gasteiger partial charge in [0, 0.05) is 31.5 Å². The first-order valence-electron chi connectivity index (χ1n) is 8.06. The molecule has 0 unspecified atom stereocenters. The second kappa shape index (κ2) is 6.46. The van der Waals surface area contributed by atoms with Crippen LogP contribution < -0.4 is 5.32 Å². The van der Waals surface area contributed by atoms with E-state index in [0.717, 1.165) is 18.7 Å². The first-order chi connectivity index (χ1) is 11.0. The molecule has 2 heterocycles. The van der Waals surface area contributed by atoms with E-state index >= 15 is 0 Å². The summed E-state index contributed by atoms with van der Waals surface area (Å²) in [5, 5.41) is 6.74. The smallest absolute Gasteiger partial charge is 0.317 e. The number of amides is 2. The van der Waals surface area contributed by atoms with Crippen molar-refractivity contribution in [2.24, 2.45) is 0 Å². The zero-order valence-electron chi connectivity index (χ0n) is 13.2. The molecular weight excluding hydrogens is 320 g/mol. The van der Waals surface area contributed by atoms with Crippen molar-refractivity contribution in [3.05, 3.63) is 11.7 Å². The van der Waals surface area contributed by atoms with E-state index in [4.69, 9.17) is 4.52 Å². The first-order valence-corrected chi connectivity index (χ1v) is 9.88. The van der Waals surface area contributed by atoms with E-state index in [-0.39, 0.29) is 23.6 Å². The van der Waals surface area contributed by atoms with Crippen molar-refractivity contribution in [2.75, 3.05) is 24.6 Å². The maximum Gasteiger partial charge on any atom is 0.317 e. The highest BCUT2D eigenvalue weighted by Gasteiger charge is 2.34. The topological polar surface area (TPSA) is 105 Å².